The van der Waals surface area contributed by atoms with Crippen molar-refractivity contribution in [2.75, 3.05) is 7.11 Å². The Labute approximate surface area is 113 Å². The minimum Gasteiger partial charge on any atom is -0.379 e. The Morgan fingerprint density at radius 2 is 2.26 bits per heavy atom. The fraction of sp³-hybridized carbons (Fsp3) is 0.615. The predicted molar refractivity (Wildman–Crippen MR) is 70.5 cm³/mol. The van der Waals surface area contributed by atoms with Crippen molar-refractivity contribution >= 4 is 6.03 Å². The van der Waals surface area contributed by atoms with E-state index in [0.717, 1.165) is 31.4 Å². The van der Waals surface area contributed by atoms with Gasteiger partial charge in [0.2, 0.25) is 0 Å². The normalized spacial score (nSPS) is 22.8. The summed E-state index contributed by atoms with van der Waals surface area (Å²) in [4.78, 5) is 19.9. The van der Waals surface area contributed by atoms with E-state index in [1.165, 1.54) is 0 Å². The van der Waals surface area contributed by atoms with Crippen molar-refractivity contribution in [3.63, 3.8) is 0 Å². The number of nitrogens with one attached hydrogen (secondary N) is 2. The highest BCUT2D eigenvalue weighted by Crippen LogP contribution is 2.20. The van der Waals surface area contributed by atoms with Gasteiger partial charge in [0.15, 0.2) is 0 Å². The average molecular weight is 264 g/mol. The number of carbonyl (C=O) groups excluding carboxylic acids is 1. The number of methoxy groups -OCH3 is 1. The molecular formula is C13H20N4O2. The fourth-order valence-corrected chi connectivity index (χ4v) is 2.36. The molecule has 1 fully saturated rings. The van der Waals surface area contributed by atoms with Gasteiger partial charge in [-0.2, -0.15) is 0 Å². The van der Waals surface area contributed by atoms with Crippen LogP contribution in [-0.2, 0) is 11.3 Å². The van der Waals surface area contributed by atoms with Gasteiger partial charge in [0.05, 0.1) is 30.6 Å². The summed E-state index contributed by atoms with van der Waals surface area (Å²) in [6, 6.07) is -0.0831. The van der Waals surface area contributed by atoms with Gasteiger partial charge >= 0.3 is 6.03 Å². The smallest absolute Gasteiger partial charge is 0.315 e. The Hall–Kier alpha value is -1.69. The molecule has 0 saturated heterocycles. The third-order valence-electron chi connectivity index (χ3n) is 3.37. The molecule has 6 nitrogen and oxygen atoms in total. The lowest BCUT2D eigenvalue weighted by Crippen LogP contribution is -2.49. The number of rotatable bonds is 4. The summed E-state index contributed by atoms with van der Waals surface area (Å²) in [6.45, 7) is 0.379. The highest BCUT2D eigenvalue weighted by Gasteiger charge is 2.26. The lowest BCUT2D eigenvalue weighted by Gasteiger charge is -2.30. The summed E-state index contributed by atoms with van der Waals surface area (Å²) in [7, 11) is 1.70. The first-order chi connectivity index (χ1) is 9.29. The van der Waals surface area contributed by atoms with Crippen LogP contribution < -0.4 is 10.6 Å². The number of nitrogens with zero attached hydrogens (tertiary/aromatic N) is 2. The van der Waals surface area contributed by atoms with Gasteiger partial charge in [0.1, 0.15) is 0 Å². The molecule has 2 N–H and O–H groups in total. The van der Waals surface area contributed by atoms with E-state index in [1.807, 2.05) is 0 Å². The van der Waals surface area contributed by atoms with Crippen LogP contribution in [0.4, 0.5) is 4.79 Å². The second-order valence-corrected chi connectivity index (χ2v) is 4.69. The molecule has 0 aromatic carbocycles. The van der Waals surface area contributed by atoms with E-state index in [4.69, 9.17) is 4.74 Å². The van der Waals surface area contributed by atoms with E-state index in [9.17, 15) is 4.79 Å². The summed E-state index contributed by atoms with van der Waals surface area (Å²) in [5.74, 6) is 0. The zero-order chi connectivity index (χ0) is 13.5. The molecule has 2 amide bonds. The molecule has 1 aromatic rings. The Morgan fingerprint density at radius 1 is 1.42 bits per heavy atom. The predicted octanol–water partition coefficient (Wildman–Crippen LogP) is 1.23. The summed E-state index contributed by atoms with van der Waals surface area (Å²) < 4.78 is 5.40. The summed E-state index contributed by atoms with van der Waals surface area (Å²) >= 11 is 0. The van der Waals surface area contributed by atoms with Crippen molar-refractivity contribution in [2.45, 2.75) is 44.4 Å². The lowest BCUT2D eigenvalue weighted by atomic mass is 9.92. The summed E-state index contributed by atoms with van der Waals surface area (Å²) in [5, 5.41) is 5.75. The van der Waals surface area contributed by atoms with Crippen molar-refractivity contribution < 1.29 is 9.53 Å². The van der Waals surface area contributed by atoms with Crippen LogP contribution in [0.25, 0.3) is 0 Å². The van der Waals surface area contributed by atoms with Gasteiger partial charge in [-0.15, -0.1) is 0 Å². The third-order valence-corrected chi connectivity index (χ3v) is 3.37. The minimum absolute atomic E-state index is 0.0978. The van der Waals surface area contributed by atoms with Crippen LogP contribution in [0.3, 0.4) is 0 Å². The molecule has 1 aliphatic rings. The molecule has 0 bridgehead atoms. The number of amides is 2. The number of carbonyl (C=O) groups is 1. The van der Waals surface area contributed by atoms with Crippen molar-refractivity contribution in [1.82, 2.24) is 20.6 Å². The van der Waals surface area contributed by atoms with Gasteiger partial charge in [0, 0.05) is 19.5 Å². The quantitative estimate of drug-likeness (QED) is 0.857. The van der Waals surface area contributed by atoms with Crippen molar-refractivity contribution in [2.24, 2.45) is 0 Å². The maximum absolute atomic E-state index is 11.8. The number of hydrogen-bond acceptors (Lipinski definition) is 4. The van der Waals surface area contributed by atoms with Crippen LogP contribution in [0.2, 0.25) is 0 Å². The zero-order valence-electron chi connectivity index (χ0n) is 11.1. The van der Waals surface area contributed by atoms with Crippen LogP contribution in [0.15, 0.2) is 18.6 Å². The van der Waals surface area contributed by atoms with E-state index in [0.29, 0.717) is 6.54 Å². The molecule has 2 rings (SSSR count). The SMILES string of the molecule is CO[C@H]1CCCC[C@@H]1NC(=O)NCc1cnccn1. The number of ether oxygens (including phenoxy) is 1. The molecule has 104 valence electrons. The van der Waals surface area contributed by atoms with Crippen LogP contribution in [-0.4, -0.2) is 35.3 Å². The van der Waals surface area contributed by atoms with Gasteiger partial charge in [0.25, 0.3) is 0 Å². The largest absolute Gasteiger partial charge is 0.379 e. The van der Waals surface area contributed by atoms with Crippen molar-refractivity contribution in [3.05, 3.63) is 24.3 Å². The van der Waals surface area contributed by atoms with Crippen LogP contribution in [0.1, 0.15) is 31.4 Å². The second kappa shape index (κ2) is 7.04. The molecule has 2 atom stereocenters. The molecule has 6 heteroatoms. The minimum atomic E-state index is -0.181. The van der Waals surface area contributed by atoms with E-state index >= 15 is 0 Å². The Balaban J connectivity index is 1.77. The standard InChI is InChI=1S/C13H20N4O2/c1-19-12-5-3-2-4-11(12)17-13(18)16-9-10-8-14-6-7-15-10/h6-8,11-12H,2-5,9H2,1H3,(H2,16,17,18)/t11-,12-/m0/s1. The van der Waals surface area contributed by atoms with E-state index in [1.54, 1.807) is 25.7 Å². The molecule has 1 aromatic heterocycles. The lowest BCUT2D eigenvalue weighted by molar-refractivity contribution is 0.0452. The number of urea groups is 1. The molecule has 1 heterocycles. The molecule has 0 spiro atoms. The van der Waals surface area contributed by atoms with Gasteiger partial charge in [-0.1, -0.05) is 12.8 Å². The molecule has 1 aliphatic carbocycles. The van der Waals surface area contributed by atoms with Crippen molar-refractivity contribution in [3.8, 4) is 0 Å². The molecule has 1 saturated carbocycles. The molecule has 0 radical (unpaired) electrons. The Morgan fingerprint density at radius 3 is 3.00 bits per heavy atom. The first-order valence-corrected chi connectivity index (χ1v) is 6.61. The second-order valence-electron chi connectivity index (χ2n) is 4.69. The number of aromatic nitrogens is 2. The van der Waals surface area contributed by atoms with Gasteiger partial charge < -0.3 is 15.4 Å². The van der Waals surface area contributed by atoms with Crippen LogP contribution >= 0.6 is 0 Å². The summed E-state index contributed by atoms with van der Waals surface area (Å²) in [6.07, 6.45) is 9.25. The molecular weight excluding hydrogens is 244 g/mol. The molecule has 19 heavy (non-hydrogen) atoms. The highest BCUT2D eigenvalue weighted by atomic mass is 16.5. The topological polar surface area (TPSA) is 76.1 Å². The number of hydrogen-bond donors (Lipinski definition) is 2. The van der Waals surface area contributed by atoms with E-state index in [-0.39, 0.29) is 18.2 Å². The van der Waals surface area contributed by atoms with Crippen molar-refractivity contribution in [1.29, 1.82) is 0 Å². The Bertz CT molecular complexity index is 399. The molecule has 0 unspecified atom stereocenters. The zero-order valence-corrected chi connectivity index (χ0v) is 11.1. The van der Waals surface area contributed by atoms with Gasteiger partial charge in [-0.3, -0.25) is 9.97 Å². The highest BCUT2D eigenvalue weighted by molar-refractivity contribution is 5.74. The summed E-state index contributed by atoms with van der Waals surface area (Å²) in [5.41, 5.74) is 0.740. The van der Waals surface area contributed by atoms with E-state index < -0.39 is 0 Å². The maximum atomic E-state index is 11.8. The van der Waals surface area contributed by atoms with E-state index in [2.05, 4.69) is 20.6 Å². The van der Waals surface area contributed by atoms with Crippen LogP contribution in [0.5, 0.6) is 0 Å². The fourth-order valence-electron chi connectivity index (χ4n) is 2.36. The van der Waals surface area contributed by atoms with Gasteiger partial charge in [-0.05, 0) is 12.8 Å². The first-order valence-electron chi connectivity index (χ1n) is 6.61. The van der Waals surface area contributed by atoms with Crippen LogP contribution in [0, 0.1) is 0 Å². The third kappa shape index (κ3) is 4.17. The monoisotopic (exact) mass is 264 g/mol. The molecule has 0 aliphatic heterocycles. The average Bonchev–Trinajstić information content (AvgIpc) is 2.47. The first kappa shape index (κ1) is 13.7. The Kier molecular flexibility index (Phi) is 5.09. The van der Waals surface area contributed by atoms with Gasteiger partial charge in [-0.25, -0.2) is 4.79 Å². The maximum Gasteiger partial charge on any atom is 0.315 e.